The summed E-state index contributed by atoms with van der Waals surface area (Å²) in [5.41, 5.74) is 0.155. The number of nitrogens with zero attached hydrogens (tertiary/aromatic N) is 1. The van der Waals surface area contributed by atoms with Crippen molar-refractivity contribution in [3.63, 3.8) is 0 Å². The Labute approximate surface area is 85.0 Å². The first-order chi connectivity index (χ1) is 6.26. The predicted octanol–water partition coefficient (Wildman–Crippen LogP) is 0.294. The van der Waals surface area contributed by atoms with Gasteiger partial charge in [0.15, 0.2) is 6.54 Å². The van der Waals surface area contributed by atoms with Crippen LogP contribution in [0.15, 0.2) is 0 Å². The molecule has 0 aliphatic carbocycles. The summed E-state index contributed by atoms with van der Waals surface area (Å²) in [6.07, 6.45) is -0.997. The van der Waals surface area contributed by atoms with E-state index in [4.69, 9.17) is 5.11 Å². The molecule has 0 heterocycles. The second-order valence-electron chi connectivity index (χ2n) is 3.90. The van der Waals surface area contributed by atoms with Gasteiger partial charge in [0, 0.05) is 0 Å². The molecule has 0 aliphatic rings. The van der Waals surface area contributed by atoms with E-state index >= 15 is 0 Å². The van der Waals surface area contributed by atoms with Crippen LogP contribution >= 0.6 is 7.77 Å². The molecule has 1 unspecified atom stereocenters. The SMILES string of the molecule is CC/[P+]([O-])=C(\C[N+](C)(C)C)OC(=O)O. The van der Waals surface area contributed by atoms with Gasteiger partial charge in [0.25, 0.3) is 0 Å². The van der Waals surface area contributed by atoms with Crippen LogP contribution in [-0.2, 0) is 4.74 Å². The van der Waals surface area contributed by atoms with E-state index in [1.807, 2.05) is 21.1 Å². The molecule has 5 nitrogen and oxygen atoms in total. The molecule has 0 aromatic heterocycles. The summed E-state index contributed by atoms with van der Waals surface area (Å²) in [6, 6.07) is 0. The van der Waals surface area contributed by atoms with Gasteiger partial charge in [0.1, 0.15) is 13.9 Å². The molecule has 1 N–H and O–H groups in total. The molecular formula is C8H17NO4P+. The molecular weight excluding hydrogens is 205 g/mol. The standard InChI is InChI=1S/C8H16NO4P/c1-5-14(12)7(13-8(10)11)6-9(2,3)4/h5-6H2,1-4H3/p+1. The van der Waals surface area contributed by atoms with Crippen molar-refractivity contribution < 1.29 is 24.0 Å². The van der Waals surface area contributed by atoms with E-state index in [1.54, 1.807) is 6.92 Å². The van der Waals surface area contributed by atoms with Gasteiger partial charge in [-0.25, -0.2) is 4.79 Å². The lowest BCUT2D eigenvalue weighted by atomic mass is 10.5. The quantitative estimate of drug-likeness (QED) is 0.422. The number of carbonyl (C=O) groups is 1. The Morgan fingerprint density at radius 2 is 2.00 bits per heavy atom. The van der Waals surface area contributed by atoms with Gasteiger partial charge in [-0.1, -0.05) is 0 Å². The Bertz CT molecular complexity index is 244. The van der Waals surface area contributed by atoms with Gasteiger partial charge >= 0.3 is 11.6 Å². The molecule has 0 amide bonds. The fourth-order valence-electron chi connectivity index (χ4n) is 0.845. The lowest BCUT2D eigenvalue weighted by molar-refractivity contribution is -0.861. The average Bonchev–Trinajstić information content (AvgIpc) is 1.98. The number of hydrogen-bond donors (Lipinski definition) is 1. The highest BCUT2D eigenvalue weighted by atomic mass is 31.1. The minimum Gasteiger partial charge on any atom is -0.628 e. The van der Waals surface area contributed by atoms with Crippen LogP contribution in [0.3, 0.4) is 0 Å². The van der Waals surface area contributed by atoms with E-state index in [0.717, 1.165) is 0 Å². The summed E-state index contributed by atoms with van der Waals surface area (Å²) in [7, 11) is 3.95. The smallest absolute Gasteiger partial charge is 0.514 e. The van der Waals surface area contributed by atoms with Crippen molar-refractivity contribution in [1.82, 2.24) is 0 Å². The molecule has 0 saturated heterocycles. The maximum atomic E-state index is 11.4. The maximum Gasteiger partial charge on any atom is 0.514 e. The van der Waals surface area contributed by atoms with Gasteiger partial charge < -0.3 is 19.2 Å². The van der Waals surface area contributed by atoms with Crippen LogP contribution in [-0.4, -0.2) is 55.1 Å². The monoisotopic (exact) mass is 222 g/mol. The van der Waals surface area contributed by atoms with Crippen LogP contribution in [0.25, 0.3) is 0 Å². The third-order valence-corrected chi connectivity index (χ3v) is 2.74. The molecule has 0 fully saturated rings. The minimum atomic E-state index is -1.69. The largest absolute Gasteiger partial charge is 0.628 e. The Morgan fingerprint density at radius 1 is 1.50 bits per heavy atom. The molecule has 14 heavy (non-hydrogen) atoms. The molecule has 0 spiro atoms. The lowest BCUT2D eigenvalue weighted by Crippen LogP contribution is -2.41. The molecule has 82 valence electrons. The van der Waals surface area contributed by atoms with Gasteiger partial charge in [-0.05, 0) is 6.92 Å². The Morgan fingerprint density at radius 3 is 2.29 bits per heavy atom. The summed E-state index contributed by atoms with van der Waals surface area (Å²) in [5, 5.41) is 8.45. The molecule has 0 aliphatic heterocycles. The van der Waals surface area contributed by atoms with E-state index in [1.165, 1.54) is 0 Å². The zero-order valence-corrected chi connectivity index (χ0v) is 9.88. The fraction of sp³-hybridized carbons (Fsp3) is 0.750. The van der Waals surface area contributed by atoms with Crippen molar-refractivity contribution in [3.05, 3.63) is 0 Å². The van der Waals surface area contributed by atoms with E-state index < -0.39 is 13.9 Å². The molecule has 1 atom stereocenters. The van der Waals surface area contributed by atoms with Crippen molar-refractivity contribution >= 4 is 19.4 Å². The number of ether oxygens (including phenoxy) is 1. The van der Waals surface area contributed by atoms with Crippen LogP contribution < -0.4 is 4.89 Å². The van der Waals surface area contributed by atoms with Crippen LogP contribution in [0, 0.1) is 0 Å². The maximum absolute atomic E-state index is 11.4. The molecule has 0 aromatic carbocycles. The molecule has 0 aromatic rings. The highest BCUT2D eigenvalue weighted by Gasteiger charge is 2.22. The van der Waals surface area contributed by atoms with Crippen LogP contribution in [0.5, 0.6) is 0 Å². The number of carboxylic acid groups (broad SMARTS) is 1. The summed E-state index contributed by atoms with van der Waals surface area (Å²) in [5.74, 6) is 0. The van der Waals surface area contributed by atoms with Gasteiger partial charge in [-0.15, -0.1) is 0 Å². The van der Waals surface area contributed by atoms with E-state index in [9.17, 15) is 9.69 Å². The van der Waals surface area contributed by atoms with Crippen LogP contribution in [0.2, 0.25) is 0 Å². The van der Waals surface area contributed by atoms with Gasteiger partial charge in [-0.3, -0.25) is 0 Å². The van der Waals surface area contributed by atoms with Crippen LogP contribution in [0.1, 0.15) is 6.92 Å². The number of hydrogen-bond acceptors (Lipinski definition) is 3. The summed E-state index contributed by atoms with van der Waals surface area (Å²) in [6.45, 7) is 2.08. The van der Waals surface area contributed by atoms with Crippen molar-refractivity contribution in [2.45, 2.75) is 6.92 Å². The first-order valence-corrected chi connectivity index (χ1v) is 5.72. The summed E-state index contributed by atoms with van der Waals surface area (Å²) < 4.78 is 5.00. The third-order valence-electron chi connectivity index (χ3n) is 1.38. The van der Waals surface area contributed by atoms with E-state index in [2.05, 4.69) is 4.74 Å². The molecule has 0 rings (SSSR count). The van der Waals surface area contributed by atoms with E-state index in [-0.39, 0.29) is 5.48 Å². The van der Waals surface area contributed by atoms with Gasteiger partial charge in [-0.2, -0.15) is 0 Å². The van der Waals surface area contributed by atoms with Crippen molar-refractivity contribution in [2.75, 3.05) is 33.8 Å². The first kappa shape index (κ1) is 13.4. The zero-order chi connectivity index (χ0) is 11.4. The fourth-order valence-corrected chi connectivity index (χ4v) is 1.96. The second kappa shape index (κ2) is 5.29. The zero-order valence-electron chi connectivity index (χ0n) is 8.98. The number of rotatable bonds is 4. The Kier molecular flexibility index (Phi) is 5.05. The molecule has 0 bridgehead atoms. The Balaban J connectivity index is 4.66. The molecule has 0 saturated carbocycles. The summed E-state index contributed by atoms with van der Waals surface area (Å²) in [4.78, 5) is 21.8. The topological polar surface area (TPSA) is 69.6 Å². The average molecular weight is 222 g/mol. The van der Waals surface area contributed by atoms with Crippen LogP contribution in [0.4, 0.5) is 4.79 Å². The number of quaternary nitrogens is 1. The predicted molar refractivity (Wildman–Crippen MR) is 54.5 cm³/mol. The number of likely N-dealkylation sites (N-methyl/N-ethyl adjacent to an activating group) is 1. The van der Waals surface area contributed by atoms with Gasteiger partial charge in [0.05, 0.1) is 21.1 Å². The summed E-state index contributed by atoms with van der Waals surface area (Å²) >= 11 is 0. The second-order valence-corrected chi connectivity index (χ2v) is 5.79. The Hall–Kier alpha value is -0.640. The molecule has 0 radical (unpaired) electrons. The van der Waals surface area contributed by atoms with Crippen molar-refractivity contribution in [3.8, 4) is 0 Å². The van der Waals surface area contributed by atoms with Crippen molar-refractivity contribution in [1.29, 1.82) is 0 Å². The van der Waals surface area contributed by atoms with Crippen molar-refractivity contribution in [2.24, 2.45) is 0 Å². The van der Waals surface area contributed by atoms with E-state index in [0.29, 0.717) is 17.2 Å². The first-order valence-electron chi connectivity index (χ1n) is 4.28. The third kappa shape index (κ3) is 5.91. The minimum absolute atomic E-state index is 0.155. The lowest BCUT2D eigenvalue weighted by Gasteiger charge is -2.22. The normalized spacial score (nSPS) is 13.5. The highest BCUT2D eigenvalue weighted by molar-refractivity contribution is 7.51. The van der Waals surface area contributed by atoms with Gasteiger partial charge in [0.2, 0.25) is 0 Å². The highest BCUT2D eigenvalue weighted by Crippen LogP contribution is 2.15. The molecule has 6 heteroatoms.